The molecule has 1 saturated carbocycles. The Balaban J connectivity index is 1.74. The van der Waals surface area contributed by atoms with Crippen molar-refractivity contribution >= 4 is 5.91 Å². The van der Waals surface area contributed by atoms with E-state index in [2.05, 4.69) is 5.32 Å². The minimum atomic E-state index is 0.0115. The molecule has 0 saturated heterocycles. The number of nitrogens with one attached hydrogen (secondary N) is 1. The lowest BCUT2D eigenvalue weighted by atomic mass is 9.67. The van der Waals surface area contributed by atoms with Gasteiger partial charge < -0.3 is 15.5 Å². The van der Waals surface area contributed by atoms with Crippen LogP contribution in [-0.2, 0) is 11.2 Å². The highest BCUT2D eigenvalue weighted by molar-refractivity contribution is 5.76. The normalized spacial score (nSPS) is 16.4. The summed E-state index contributed by atoms with van der Waals surface area (Å²) in [6, 6.07) is 7.10. The smallest absolute Gasteiger partial charge is 0.220 e. The molecule has 1 fully saturated rings. The monoisotopic (exact) mass is 277 g/mol. The van der Waals surface area contributed by atoms with Crippen LogP contribution >= 0.6 is 0 Å². The quantitative estimate of drug-likeness (QED) is 0.714. The van der Waals surface area contributed by atoms with Crippen molar-refractivity contribution in [1.82, 2.24) is 5.32 Å². The second-order valence-electron chi connectivity index (χ2n) is 5.73. The van der Waals surface area contributed by atoms with Gasteiger partial charge in [0.25, 0.3) is 0 Å². The first-order valence-corrected chi connectivity index (χ1v) is 7.30. The lowest BCUT2D eigenvalue weighted by molar-refractivity contribution is -0.122. The van der Waals surface area contributed by atoms with Crippen LogP contribution in [0.1, 0.15) is 37.7 Å². The molecule has 0 unspecified atom stereocenters. The van der Waals surface area contributed by atoms with Gasteiger partial charge in [0, 0.05) is 19.6 Å². The molecule has 1 aromatic rings. The average Bonchev–Trinajstić information content (AvgIpc) is 2.40. The van der Waals surface area contributed by atoms with Gasteiger partial charge in [-0.05, 0) is 42.7 Å². The molecule has 20 heavy (non-hydrogen) atoms. The second-order valence-corrected chi connectivity index (χ2v) is 5.73. The molecule has 1 amide bonds. The van der Waals surface area contributed by atoms with E-state index >= 15 is 0 Å². The number of aliphatic hydroxyl groups excluding tert-OH is 1. The number of hydrogen-bond acceptors (Lipinski definition) is 3. The molecule has 1 aliphatic carbocycles. The van der Waals surface area contributed by atoms with E-state index in [1.54, 1.807) is 12.1 Å². The van der Waals surface area contributed by atoms with E-state index < -0.39 is 0 Å². The highest BCUT2D eigenvalue weighted by atomic mass is 16.3. The summed E-state index contributed by atoms with van der Waals surface area (Å²) < 4.78 is 0. The lowest BCUT2D eigenvalue weighted by Gasteiger charge is -2.41. The zero-order chi connectivity index (χ0) is 14.4. The second kappa shape index (κ2) is 6.75. The van der Waals surface area contributed by atoms with Gasteiger partial charge in [0.05, 0.1) is 0 Å². The highest BCUT2D eigenvalue weighted by Gasteiger charge is 2.36. The van der Waals surface area contributed by atoms with Crippen LogP contribution in [0.4, 0.5) is 0 Å². The van der Waals surface area contributed by atoms with Gasteiger partial charge in [0.1, 0.15) is 5.75 Å². The summed E-state index contributed by atoms with van der Waals surface area (Å²) in [5, 5.41) is 21.7. The zero-order valence-electron chi connectivity index (χ0n) is 11.8. The number of amides is 1. The maximum Gasteiger partial charge on any atom is 0.220 e. The van der Waals surface area contributed by atoms with E-state index in [4.69, 9.17) is 5.11 Å². The third kappa shape index (κ3) is 3.73. The van der Waals surface area contributed by atoms with Crippen molar-refractivity contribution in [2.24, 2.45) is 5.41 Å². The number of rotatable bonds is 7. The van der Waals surface area contributed by atoms with E-state index in [0.717, 1.165) is 24.8 Å². The number of phenolic OH excluding ortho intramolecular Hbond substituents is 1. The summed E-state index contributed by atoms with van der Waals surface area (Å²) in [5.74, 6) is 0.258. The van der Waals surface area contributed by atoms with Crippen LogP contribution in [0.25, 0.3) is 0 Å². The number of aryl methyl sites for hydroxylation is 1. The van der Waals surface area contributed by atoms with Crippen LogP contribution in [0.3, 0.4) is 0 Å². The molecule has 0 heterocycles. The van der Waals surface area contributed by atoms with Crippen LogP contribution in [0.2, 0.25) is 0 Å². The topological polar surface area (TPSA) is 69.6 Å². The Hall–Kier alpha value is -1.55. The lowest BCUT2D eigenvalue weighted by Crippen LogP contribution is -2.42. The van der Waals surface area contributed by atoms with Gasteiger partial charge in [-0.1, -0.05) is 24.6 Å². The Labute approximate surface area is 119 Å². The Morgan fingerprint density at radius 2 is 2.05 bits per heavy atom. The minimum absolute atomic E-state index is 0.0115. The maximum absolute atomic E-state index is 11.9. The first-order chi connectivity index (χ1) is 9.65. The Bertz CT molecular complexity index is 455. The molecule has 0 aliphatic heterocycles. The standard InChI is InChI=1S/C16H23NO3/c18-11-10-16(8-3-9-16)12-17-15(20)7-6-13-4-1-2-5-14(13)19/h1-2,4-5,18-19H,3,6-12H2,(H,17,20). The molecule has 0 aromatic heterocycles. The van der Waals surface area contributed by atoms with Gasteiger partial charge >= 0.3 is 0 Å². The maximum atomic E-state index is 11.9. The van der Waals surface area contributed by atoms with Crippen molar-refractivity contribution in [1.29, 1.82) is 0 Å². The van der Waals surface area contributed by atoms with E-state index in [1.807, 2.05) is 12.1 Å². The summed E-state index contributed by atoms with van der Waals surface area (Å²) in [7, 11) is 0. The van der Waals surface area contributed by atoms with Crippen LogP contribution < -0.4 is 5.32 Å². The van der Waals surface area contributed by atoms with Gasteiger partial charge in [0.15, 0.2) is 0 Å². The third-order valence-electron chi connectivity index (χ3n) is 4.33. The predicted molar refractivity (Wildman–Crippen MR) is 77.4 cm³/mol. The number of phenols is 1. The minimum Gasteiger partial charge on any atom is -0.508 e. The van der Waals surface area contributed by atoms with Gasteiger partial charge in [-0.3, -0.25) is 4.79 Å². The molecule has 4 nitrogen and oxygen atoms in total. The fraction of sp³-hybridized carbons (Fsp3) is 0.562. The SMILES string of the molecule is O=C(CCc1ccccc1O)NCC1(CCO)CCC1. The number of hydrogen-bond donors (Lipinski definition) is 3. The molecular weight excluding hydrogens is 254 g/mol. The van der Waals surface area contributed by atoms with E-state index in [1.165, 1.54) is 6.42 Å². The number of aliphatic hydroxyl groups is 1. The summed E-state index contributed by atoms with van der Waals surface area (Å²) >= 11 is 0. The molecule has 0 bridgehead atoms. The molecule has 3 N–H and O–H groups in total. The first kappa shape index (κ1) is 14.9. The Morgan fingerprint density at radius 1 is 1.30 bits per heavy atom. The van der Waals surface area contributed by atoms with Crippen molar-refractivity contribution < 1.29 is 15.0 Å². The number of para-hydroxylation sites is 1. The summed E-state index contributed by atoms with van der Waals surface area (Å²) in [6.45, 7) is 0.848. The largest absolute Gasteiger partial charge is 0.508 e. The summed E-state index contributed by atoms with van der Waals surface area (Å²) in [5.41, 5.74) is 0.926. The fourth-order valence-corrected chi connectivity index (χ4v) is 2.77. The van der Waals surface area contributed by atoms with E-state index in [0.29, 0.717) is 19.4 Å². The van der Waals surface area contributed by atoms with Gasteiger partial charge in [-0.15, -0.1) is 0 Å². The number of benzene rings is 1. The first-order valence-electron chi connectivity index (χ1n) is 7.30. The molecule has 0 radical (unpaired) electrons. The third-order valence-corrected chi connectivity index (χ3v) is 4.33. The van der Waals surface area contributed by atoms with Crippen LogP contribution in [0.5, 0.6) is 5.75 Å². The molecule has 0 spiro atoms. The molecular formula is C16H23NO3. The van der Waals surface area contributed by atoms with Crippen LogP contribution in [-0.4, -0.2) is 29.3 Å². The summed E-state index contributed by atoms with van der Waals surface area (Å²) in [4.78, 5) is 11.9. The van der Waals surface area contributed by atoms with Crippen molar-refractivity contribution in [3.05, 3.63) is 29.8 Å². The molecule has 2 rings (SSSR count). The number of carbonyl (C=O) groups excluding carboxylic acids is 1. The molecule has 1 aliphatic rings. The van der Waals surface area contributed by atoms with Gasteiger partial charge in [-0.25, -0.2) is 0 Å². The number of aromatic hydroxyl groups is 1. The Kier molecular flexibility index (Phi) is 5.01. The van der Waals surface area contributed by atoms with Gasteiger partial charge in [0.2, 0.25) is 5.91 Å². The average molecular weight is 277 g/mol. The zero-order valence-corrected chi connectivity index (χ0v) is 11.8. The van der Waals surface area contributed by atoms with Gasteiger partial charge in [-0.2, -0.15) is 0 Å². The molecule has 0 atom stereocenters. The Morgan fingerprint density at radius 3 is 2.65 bits per heavy atom. The van der Waals surface area contributed by atoms with Crippen LogP contribution in [0, 0.1) is 5.41 Å². The number of carbonyl (C=O) groups is 1. The highest BCUT2D eigenvalue weighted by Crippen LogP contribution is 2.43. The molecule has 4 heteroatoms. The predicted octanol–water partition coefficient (Wildman–Crippen LogP) is 1.99. The van der Waals surface area contributed by atoms with E-state index in [9.17, 15) is 9.90 Å². The fourth-order valence-electron chi connectivity index (χ4n) is 2.77. The van der Waals surface area contributed by atoms with Crippen molar-refractivity contribution in [3.8, 4) is 5.75 Å². The van der Waals surface area contributed by atoms with Crippen molar-refractivity contribution in [2.45, 2.75) is 38.5 Å². The summed E-state index contributed by atoms with van der Waals surface area (Å²) in [6.07, 6.45) is 5.07. The van der Waals surface area contributed by atoms with Crippen LogP contribution in [0.15, 0.2) is 24.3 Å². The van der Waals surface area contributed by atoms with Crippen molar-refractivity contribution in [3.63, 3.8) is 0 Å². The van der Waals surface area contributed by atoms with Crippen molar-refractivity contribution in [2.75, 3.05) is 13.2 Å². The molecule has 1 aromatic carbocycles. The molecule has 110 valence electrons. The van der Waals surface area contributed by atoms with E-state index in [-0.39, 0.29) is 23.7 Å².